The Morgan fingerprint density at radius 3 is 2.21 bits per heavy atom. The lowest BCUT2D eigenvalue weighted by Gasteiger charge is -2.14. The number of rotatable bonds is 3. The fourth-order valence-electron chi connectivity index (χ4n) is 0.880. The van der Waals surface area contributed by atoms with Crippen LogP contribution in [0.2, 0.25) is 15.1 Å². The molecular formula is C9H9Cl3O2. The highest BCUT2D eigenvalue weighted by Gasteiger charge is 2.11. The van der Waals surface area contributed by atoms with E-state index in [0.29, 0.717) is 20.8 Å². The van der Waals surface area contributed by atoms with Gasteiger partial charge in [0.25, 0.3) is 0 Å². The van der Waals surface area contributed by atoms with E-state index in [0.717, 1.165) is 0 Å². The van der Waals surface area contributed by atoms with Crippen molar-refractivity contribution in [3.63, 3.8) is 0 Å². The smallest absolute Gasteiger partial charge is 0.157 e. The molecule has 0 aliphatic rings. The second-order valence-electron chi connectivity index (χ2n) is 2.81. The van der Waals surface area contributed by atoms with Crippen molar-refractivity contribution in [3.8, 4) is 5.75 Å². The molecule has 1 aromatic carbocycles. The summed E-state index contributed by atoms with van der Waals surface area (Å²) in [5.41, 5.74) is 0. The number of halogens is 3. The van der Waals surface area contributed by atoms with Crippen LogP contribution in [-0.2, 0) is 0 Å². The summed E-state index contributed by atoms with van der Waals surface area (Å²) in [5.74, 6) is 0.347. The predicted molar refractivity (Wildman–Crippen MR) is 58.6 cm³/mol. The first-order valence-corrected chi connectivity index (χ1v) is 5.10. The summed E-state index contributed by atoms with van der Waals surface area (Å²) in [6.07, 6.45) is -0.355. The monoisotopic (exact) mass is 254 g/mol. The maximum Gasteiger partial charge on any atom is 0.157 e. The van der Waals surface area contributed by atoms with Gasteiger partial charge >= 0.3 is 0 Å². The maximum atomic E-state index is 8.80. The minimum atomic E-state index is -0.355. The van der Waals surface area contributed by atoms with Gasteiger partial charge < -0.3 is 9.84 Å². The molecule has 1 aromatic rings. The molecule has 0 saturated carbocycles. The van der Waals surface area contributed by atoms with E-state index in [4.69, 9.17) is 44.6 Å². The molecule has 0 amide bonds. The maximum absolute atomic E-state index is 8.80. The van der Waals surface area contributed by atoms with Crippen molar-refractivity contribution in [2.45, 2.75) is 13.0 Å². The first-order valence-electron chi connectivity index (χ1n) is 3.96. The van der Waals surface area contributed by atoms with Crippen LogP contribution in [-0.4, -0.2) is 17.8 Å². The van der Waals surface area contributed by atoms with Crippen LogP contribution in [0.5, 0.6) is 5.75 Å². The Bertz CT molecular complexity index is 305. The fraction of sp³-hybridized carbons (Fsp3) is 0.333. The van der Waals surface area contributed by atoms with E-state index in [1.165, 1.54) is 12.1 Å². The Morgan fingerprint density at radius 1 is 1.29 bits per heavy atom. The second kappa shape index (κ2) is 5.08. The summed E-state index contributed by atoms with van der Waals surface area (Å²) < 4.78 is 5.31. The van der Waals surface area contributed by atoms with Gasteiger partial charge in [-0.1, -0.05) is 34.8 Å². The van der Waals surface area contributed by atoms with Gasteiger partial charge in [0.15, 0.2) is 5.75 Å². The van der Waals surface area contributed by atoms with Crippen molar-refractivity contribution >= 4 is 34.8 Å². The first kappa shape index (κ1) is 11.9. The summed E-state index contributed by atoms with van der Waals surface area (Å²) in [6, 6.07) is 3.07. The Labute approximate surface area is 97.3 Å². The van der Waals surface area contributed by atoms with E-state index in [9.17, 15) is 0 Å². The summed E-state index contributed by atoms with van der Waals surface area (Å²) in [7, 11) is 0. The Hall–Kier alpha value is -0.150. The van der Waals surface area contributed by atoms with Crippen LogP contribution >= 0.6 is 34.8 Å². The van der Waals surface area contributed by atoms with Crippen molar-refractivity contribution in [1.82, 2.24) is 0 Å². The Morgan fingerprint density at radius 2 is 1.79 bits per heavy atom. The van der Waals surface area contributed by atoms with Gasteiger partial charge in [0.1, 0.15) is 6.10 Å². The molecule has 0 fully saturated rings. The van der Waals surface area contributed by atoms with Crippen LogP contribution < -0.4 is 4.74 Å². The zero-order valence-electron chi connectivity index (χ0n) is 7.43. The first-order chi connectivity index (χ1) is 6.54. The molecule has 0 bridgehead atoms. The third-order valence-electron chi connectivity index (χ3n) is 1.54. The molecule has 0 heterocycles. The van der Waals surface area contributed by atoms with Gasteiger partial charge in [-0.05, 0) is 19.1 Å². The molecule has 78 valence electrons. The van der Waals surface area contributed by atoms with Crippen LogP contribution in [0.4, 0.5) is 0 Å². The van der Waals surface area contributed by atoms with E-state index in [1.807, 2.05) is 0 Å². The lowest BCUT2D eigenvalue weighted by atomic mass is 10.3. The zero-order valence-corrected chi connectivity index (χ0v) is 9.70. The van der Waals surface area contributed by atoms with Crippen molar-refractivity contribution < 1.29 is 9.84 Å². The van der Waals surface area contributed by atoms with Crippen LogP contribution in [0.25, 0.3) is 0 Å². The molecule has 0 radical (unpaired) electrons. The van der Waals surface area contributed by atoms with Crippen LogP contribution in [0, 0.1) is 0 Å². The molecule has 0 aliphatic carbocycles. The molecular weight excluding hydrogens is 246 g/mol. The summed E-state index contributed by atoms with van der Waals surface area (Å²) in [6.45, 7) is 1.61. The molecule has 0 aromatic heterocycles. The molecule has 14 heavy (non-hydrogen) atoms. The van der Waals surface area contributed by atoms with Crippen LogP contribution in [0.3, 0.4) is 0 Å². The second-order valence-corrected chi connectivity index (χ2v) is 4.06. The van der Waals surface area contributed by atoms with Crippen molar-refractivity contribution in [3.05, 3.63) is 27.2 Å². The van der Waals surface area contributed by atoms with Gasteiger partial charge in [0.2, 0.25) is 0 Å². The number of aliphatic hydroxyl groups excluding tert-OH is 1. The molecule has 5 heteroatoms. The minimum absolute atomic E-state index is 0.102. The van der Waals surface area contributed by atoms with Gasteiger partial charge in [-0.3, -0.25) is 0 Å². The number of ether oxygens (including phenoxy) is 1. The lowest BCUT2D eigenvalue weighted by molar-refractivity contribution is 0.130. The number of benzene rings is 1. The number of hydrogen-bond donors (Lipinski definition) is 1. The van der Waals surface area contributed by atoms with Gasteiger partial charge in [-0.25, -0.2) is 0 Å². The van der Waals surface area contributed by atoms with Crippen LogP contribution in [0.15, 0.2) is 12.1 Å². The fourth-order valence-corrected chi connectivity index (χ4v) is 1.79. The SMILES string of the molecule is CC(CO)Oc1c(Cl)cc(Cl)cc1Cl. The third kappa shape index (κ3) is 2.92. The van der Waals surface area contributed by atoms with Crippen molar-refractivity contribution in [1.29, 1.82) is 0 Å². The minimum Gasteiger partial charge on any atom is -0.485 e. The summed E-state index contributed by atoms with van der Waals surface area (Å²) >= 11 is 17.4. The van der Waals surface area contributed by atoms with Gasteiger partial charge in [-0.15, -0.1) is 0 Å². The quantitative estimate of drug-likeness (QED) is 0.897. The molecule has 1 rings (SSSR count). The standard InChI is InChI=1S/C9H9Cl3O2/c1-5(4-13)14-9-7(11)2-6(10)3-8(9)12/h2-3,5,13H,4H2,1H3. The van der Waals surface area contributed by atoms with Crippen LogP contribution in [0.1, 0.15) is 6.92 Å². The topological polar surface area (TPSA) is 29.5 Å². The van der Waals surface area contributed by atoms with E-state index in [2.05, 4.69) is 0 Å². The van der Waals surface area contributed by atoms with Gasteiger partial charge in [0, 0.05) is 5.02 Å². The highest BCUT2D eigenvalue weighted by molar-refractivity contribution is 6.40. The molecule has 0 saturated heterocycles. The normalized spacial score (nSPS) is 12.6. The van der Waals surface area contributed by atoms with Gasteiger partial charge in [0.05, 0.1) is 16.7 Å². The zero-order chi connectivity index (χ0) is 10.7. The Kier molecular flexibility index (Phi) is 4.32. The van der Waals surface area contributed by atoms with Crippen molar-refractivity contribution in [2.75, 3.05) is 6.61 Å². The highest BCUT2D eigenvalue weighted by Crippen LogP contribution is 2.36. The van der Waals surface area contributed by atoms with Gasteiger partial charge in [-0.2, -0.15) is 0 Å². The van der Waals surface area contributed by atoms with E-state index in [-0.39, 0.29) is 12.7 Å². The molecule has 1 atom stereocenters. The Balaban J connectivity index is 2.96. The predicted octanol–water partition coefficient (Wildman–Crippen LogP) is 3.41. The van der Waals surface area contributed by atoms with E-state index < -0.39 is 0 Å². The highest BCUT2D eigenvalue weighted by atomic mass is 35.5. The molecule has 1 N–H and O–H groups in total. The molecule has 0 aliphatic heterocycles. The number of aliphatic hydroxyl groups is 1. The molecule has 0 spiro atoms. The summed E-state index contributed by atoms with van der Waals surface area (Å²) in [4.78, 5) is 0. The largest absolute Gasteiger partial charge is 0.485 e. The lowest BCUT2D eigenvalue weighted by Crippen LogP contribution is -2.16. The number of hydrogen-bond acceptors (Lipinski definition) is 2. The van der Waals surface area contributed by atoms with Crippen molar-refractivity contribution in [2.24, 2.45) is 0 Å². The summed E-state index contributed by atoms with van der Waals surface area (Å²) in [5, 5.41) is 9.92. The van der Waals surface area contributed by atoms with E-state index >= 15 is 0 Å². The molecule has 2 nitrogen and oxygen atoms in total. The molecule has 1 unspecified atom stereocenters. The third-order valence-corrected chi connectivity index (χ3v) is 2.32. The average Bonchev–Trinajstić information content (AvgIpc) is 2.10. The average molecular weight is 256 g/mol. The van der Waals surface area contributed by atoms with E-state index in [1.54, 1.807) is 6.92 Å².